The number of allylic oxidation sites excluding steroid dienone is 5. The molecule has 0 aliphatic carbocycles. The highest BCUT2D eigenvalue weighted by molar-refractivity contribution is 5.31. The van der Waals surface area contributed by atoms with Gasteiger partial charge in [-0.1, -0.05) is 45.2 Å². The van der Waals surface area contributed by atoms with Crippen LogP contribution in [-0.4, -0.2) is 0 Å². The first kappa shape index (κ1) is 11.8. The summed E-state index contributed by atoms with van der Waals surface area (Å²) >= 11 is 0. The van der Waals surface area contributed by atoms with Gasteiger partial charge in [0.05, 0.1) is 0 Å². The summed E-state index contributed by atoms with van der Waals surface area (Å²) in [5, 5.41) is 0. The fourth-order valence-corrected chi connectivity index (χ4v) is 1.04. The summed E-state index contributed by atoms with van der Waals surface area (Å²) in [6.45, 7) is 11.6. The summed E-state index contributed by atoms with van der Waals surface area (Å²) < 4.78 is 0. The highest BCUT2D eigenvalue weighted by Gasteiger charge is 2.00. The summed E-state index contributed by atoms with van der Waals surface area (Å²) in [5.41, 5.74) is 7.67. The SMILES string of the molecule is C=C/C=C\C(CC(C)C)=C(\N)C=C. The van der Waals surface area contributed by atoms with Crippen LogP contribution in [0.15, 0.2) is 48.7 Å². The fourth-order valence-electron chi connectivity index (χ4n) is 1.04. The third kappa shape index (κ3) is 5.07. The van der Waals surface area contributed by atoms with Crippen LogP contribution in [0.3, 0.4) is 0 Å². The second kappa shape index (κ2) is 6.30. The molecule has 72 valence electrons. The lowest BCUT2D eigenvalue weighted by molar-refractivity contribution is 0.647. The molecule has 0 aliphatic heterocycles. The fraction of sp³-hybridized carbons (Fsp3) is 0.333. The maximum Gasteiger partial charge on any atom is 0.0340 e. The molecule has 0 radical (unpaired) electrons. The minimum atomic E-state index is 0.600. The Bertz CT molecular complexity index is 232. The smallest absolute Gasteiger partial charge is 0.0340 e. The molecule has 0 aromatic heterocycles. The normalized spacial score (nSPS) is 13.2. The predicted octanol–water partition coefficient (Wildman–Crippen LogP) is 3.17. The Morgan fingerprint density at radius 3 is 2.38 bits per heavy atom. The van der Waals surface area contributed by atoms with Gasteiger partial charge in [0, 0.05) is 5.70 Å². The van der Waals surface area contributed by atoms with E-state index in [2.05, 4.69) is 27.0 Å². The van der Waals surface area contributed by atoms with Crippen molar-refractivity contribution in [1.82, 2.24) is 0 Å². The van der Waals surface area contributed by atoms with E-state index in [1.54, 1.807) is 12.2 Å². The Kier molecular flexibility index (Phi) is 5.69. The molecule has 13 heavy (non-hydrogen) atoms. The highest BCUT2D eigenvalue weighted by atomic mass is 14.6. The molecule has 0 aliphatic rings. The first-order valence-electron chi connectivity index (χ1n) is 4.52. The molecule has 2 N–H and O–H groups in total. The zero-order chi connectivity index (χ0) is 10.3. The van der Waals surface area contributed by atoms with Crippen molar-refractivity contribution in [3.63, 3.8) is 0 Å². The van der Waals surface area contributed by atoms with Crippen LogP contribution in [0.25, 0.3) is 0 Å². The van der Waals surface area contributed by atoms with Gasteiger partial charge >= 0.3 is 0 Å². The number of nitrogens with two attached hydrogens (primary N) is 1. The Balaban J connectivity index is 4.64. The van der Waals surface area contributed by atoms with E-state index in [0.29, 0.717) is 5.92 Å². The Hall–Kier alpha value is -1.24. The van der Waals surface area contributed by atoms with Gasteiger partial charge in [-0.25, -0.2) is 0 Å². The van der Waals surface area contributed by atoms with Gasteiger partial charge in [0.1, 0.15) is 0 Å². The van der Waals surface area contributed by atoms with Crippen molar-refractivity contribution in [2.75, 3.05) is 0 Å². The van der Waals surface area contributed by atoms with Crippen molar-refractivity contribution < 1.29 is 0 Å². The minimum Gasteiger partial charge on any atom is -0.399 e. The average Bonchev–Trinajstić information content (AvgIpc) is 2.10. The summed E-state index contributed by atoms with van der Waals surface area (Å²) in [6.07, 6.45) is 8.29. The van der Waals surface area contributed by atoms with Crippen molar-refractivity contribution in [3.05, 3.63) is 48.7 Å². The Morgan fingerprint density at radius 2 is 2.00 bits per heavy atom. The molecular formula is C12H19N. The topological polar surface area (TPSA) is 26.0 Å². The molecule has 0 amide bonds. The van der Waals surface area contributed by atoms with Gasteiger partial charge in [0.2, 0.25) is 0 Å². The molecule has 0 unspecified atom stereocenters. The van der Waals surface area contributed by atoms with Crippen LogP contribution in [0.5, 0.6) is 0 Å². The third-order valence-electron chi connectivity index (χ3n) is 1.65. The molecule has 0 rings (SSSR count). The van der Waals surface area contributed by atoms with Crippen molar-refractivity contribution in [2.45, 2.75) is 20.3 Å². The maximum absolute atomic E-state index is 5.78. The molecule has 0 aromatic rings. The zero-order valence-corrected chi connectivity index (χ0v) is 8.59. The van der Waals surface area contributed by atoms with Crippen LogP contribution in [0.4, 0.5) is 0 Å². The number of hydrogen-bond donors (Lipinski definition) is 1. The Labute approximate surface area is 81.3 Å². The lowest BCUT2D eigenvalue weighted by Crippen LogP contribution is -2.00. The van der Waals surface area contributed by atoms with E-state index in [4.69, 9.17) is 5.73 Å². The van der Waals surface area contributed by atoms with Crippen LogP contribution in [0.2, 0.25) is 0 Å². The van der Waals surface area contributed by atoms with E-state index in [1.165, 1.54) is 0 Å². The standard InChI is InChI=1S/C12H19N/c1-5-7-8-11(9-10(3)4)12(13)6-2/h5-8,10H,1-2,9,13H2,3-4H3/b8-7-,12-11-. The van der Waals surface area contributed by atoms with Gasteiger partial charge in [-0.15, -0.1) is 0 Å². The second-order valence-electron chi connectivity index (χ2n) is 3.38. The molecule has 0 fully saturated rings. The zero-order valence-electron chi connectivity index (χ0n) is 8.59. The van der Waals surface area contributed by atoms with Gasteiger partial charge < -0.3 is 5.73 Å². The van der Waals surface area contributed by atoms with Crippen molar-refractivity contribution >= 4 is 0 Å². The number of hydrogen-bond acceptors (Lipinski definition) is 1. The summed E-state index contributed by atoms with van der Waals surface area (Å²) in [4.78, 5) is 0. The molecule has 0 spiro atoms. The van der Waals surface area contributed by atoms with Crippen LogP contribution in [-0.2, 0) is 0 Å². The second-order valence-corrected chi connectivity index (χ2v) is 3.38. The number of rotatable bonds is 5. The molecule has 0 atom stereocenters. The summed E-state index contributed by atoms with van der Waals surface area (Å²) in [7, 11) is 0. The molecule has 1 nitrogen and oxygen atoms in total. The van der Waals surface area contributed by atoms with Gasteiger partial charge in [-0.3, -0.25) is 0 Å². The molecule has 0 heterocycles. The molecular weight excluding hydrogens is 158 g/mol. The van der Waals surface area contributed by atoms with Gasteiger partial charge in [0.25, 0.3) is 0 Å². The van der Waals surface area contributed by atoms with Crippen LogP contribution in [0.1, 0.15) is 20.3 Å². The third-order valence-corrected chi connectivity index (χ3v) is 1.65. The van der Waals surface area contributed by atoms with E-state index in [0.717, 1.165) is 17.7 Å². The van der Waals surface area contributed by atoms with Gasteiger partial charge in [-0.05, 0) is 24.0 Å². The van der Waals surface area contributed by atoms with Gasteiger partial charge in [0.15, 0.2) is 0 Å². The highest BCUT2D eigenvalue weighted by Crippen LogP contribution is 2.14. The Morgan fingerprint density at radius 1 is 1.38 bits per heavy atom. The monoisotopic (exact) mass is 177 g/mol. The van der Waals surface area contributed by atoms with E-state index < -0.39 is 0 Å². The van der Waals surface area contributed by atoms with E-state index in [9.17, 15) is 0 Å². The molecule has 1 heteroatoms. The molecule has 0 saturated carbocycles. The lowest BCUT2D eigenvalue weighted by atomic mass is 10.0. The summed E-state index contributed by atoms with van der Waals surface area (Å²) in [6, 6.07) is 0. The molecule has 0 saturated heterocycles. The van der Waals surface area contributed by atoms with Crippen LogP contribution >= 0.6 is 0 Å². The average molecular weight is 177 g/mol. The maximum atomic E-state index is 5.78. The van der Waals surface area contributed by atoms with Crippen molar-refractivity contribution in [1.29, 1.82) is 0 Å². The lowest BCUT2D eigenvalue weighted by Gasteiger charge is -2.07. The summed E-state index contributed by atoms with van der Waals surface area (Å²) in [5.74, 6) is 0.600. The van der Waals surface area contributed by atoms with Crippen LogP contribution in [0, 0.1) is 5.92 Å². The quantitative estimate of drug-likeness (QED) is 0.641. The van der Waals surface area contributed by atoms with E-state index >= 15 is 0 Å². The first-order chi connectivity index (χ1) is 6.11. The largest absolute Gasteiger partial charge is 0.399 e. The minimum absolute atomic E-state index is 0.600. The van der Waals surface area contributed by atoms with Crippen molar-refractivity contribution in [3.8, 4) is 0 Å². The predicted molar refractivity (Wildman–Crippen MR) is 60.2 cm³/mol. The molecule has 0 aromatic carbocycles. The van der Waals surface area contributed by atoms with E-state index in [-0.39, 0.29) is 0 Å². The van der Waals surface area contributed by atoms with Gasteiger partial charge in [-0.2, -0.15) is 0 Å². The first-order valence-corrected chi connectivity index (χ1v) is 4.52. The van der Waals surface area contributed by atoms with Crippen LogP contribution < -0.4 is 5.73 Å². The van der Waals surface area contributed by atoms with Crippen molar-refractivity contribution in [2.24, 2.45) is 11.7 Å². The van der Waals surface area contributed by atoms with E-state index in [1.807, 2.05) is 12.2 Å². The molecule has 0 bridgehead atoms.